The van der Waals surface area contributed by atoms with Crippen molar-refractivity contribution in [1.29, 1.82) is 0 Å². The Labute approximate surface area is 150 Å². The number of hydrogen-bond donors (Lipinski definition) is 3. The third-order valence-electron chi connectivity index (χ3n) is 3.86. The summed E-state index contributed by atoms with van der Waals surface area (Å²) in [6, 6.07) is 4.54. The molecule has 12 heteroatoms. The summed E-state index contributed by atoms with van der Waals surface area (Å²) < 4.78 is 39.0. The lowest BCUT2D eigenvalue weighted by Crippen LogP contribution is -2.23. The lowest BCUT2D eigenvalue weighted by atomic mass is 9.91. The zero-order valence-electron chi connectivity index (χ0n) is 13.7. The van der Waals surface area contributed by atoms with Crippen LogP contribution in [0.25, 0.3) is 10.4 Å². The number of carbonyl (C=O) groups is 1. The number of aromatic amines is 1. The maximum absolute atomic E-state index is 13.0. The van der Waals surface area contributed by atoms with Gasteiger partial charge in [-0.15, -0.1) is 0 Å². The molecule has 0 saturated heterocycles. The molecule has 1 aliphatic rings. The van der Waals surface area contributed by atoms with E-state index in [0.29, 0.717) is 17.9 Å². The minimum absolute atomic E-state index is 0.160. The lowest BCUT2D eigenvalue weighted by molar-refractivity contribution is -0.137. The molecule has 0 spiro atoms. The van der Waals surface area contributed by atoms with Crippen molar-refractivity contribution in [3.63, 3.8) is 0 Å². The van der Waals surface area contributed by atoms with E-state index in [1.54, 1.807) is 0 Å². The van der Waals surface area contributed by atoms with Crippen molar-refractivity contribution >= 4 is 17.3 Å². The van der Waals surface area contributed by atoms with Gasteiger partial charge in [-0.1, -0.05) is 23.3 Å². The van der Waals surface area contributed by atoms with Crippen LogP contribution in [0.4, 0.5) is 18.9 Å². The van der Waals surface area contributed by atoms with Crippen LogP contribution < -0.4 is 10.7 Å². The van der Waals surface area contributed by atoms with Gasteiger partial charge in [-0.3, -0.25) is 9.89 Å². The van der Waals surface area contributed by atoms with Crippen molar-refractivity contribution in [3.8, 4) is 0 Å². The Morgan fingerprint density at radius 2 is 2.19 bits per heavy atom. The van der Waals surface area contributed by atoms with E-state index >= 15 is 0 Å². The molecular weight excluding hydrogens is 365 g/mol. The molecule has 0 fully saturated rings. The van der Waals surface area contributed by atoms with E-state index in [-0.39, 0.29) is 17.8 Å². The second-order valence-electron chi connectivity index (χ2n) is 5.57. The highest BCUT2D eigenvalue weighted by atomic mass is 19.4. The smallest absolute Gasteiger partial charge is 0.382 e. The Hall–Kier alpha value is -3.53. The van der Waals surface area contributed by atoms with Gasteiger partial charge in [-0.25, -0.2) is 5.43 Å². The van der Waals surface area contributed by atoms with Crippen molar-refractivity contribution in [2.24, 2.45) is 10.2 Å². The number of aromatic nitrogens is 2. The van der Waals surface area contributed by atoms with Gasteiger partial charge in [0.05, 0.1) is 17.4 Å². The van der Waals surface area contributed by atoms with Crippen LogP contribution in [0.1, 0.15) is 22.7 Å². The maximum Gasteiger partial charge on any atom is 0.416 e. The molecule has 2 aromatic rings. The summed E-state index contributed by atoms with van der Waals surface area (Å²) in [7, 11) is 0. The summed E-state index contributed by atoms with van der Waals surface area (Å²) in [6.45, 7) is 0.487. The fourth-order valence-electron chi connectivity index (χ4n) is 2.67. The molecular formula is C15H13F3N8O. The molecule has 140 valence electrons. The third-order valence-corrected chi connectivity index (χ3v) is 3.86. The third kappa shape index (κ3) is 3.85. The molecule has 3 N–H and O–H groups in total. The van der Waals surface area contributed by atoms with E-state index in [0.717, 1.165) is 12.1 Å². The molecule has 0 bridgehead atoms. The molecule has 0 saturated carbocycles. The first-order valence-electron chi connectivity index (χ1n) is 7.75. The molecule has 1 unspecified atom stereocenters. The number of H-pyrrole nitrogens is 1. The zero-order chi connectivity index (χ0) is 19.4. The second-order valence-corrected chi connectivity index (χ2v) is 5.57. The first-order valence-corrected chi connectivity index (χ1v) is 7.75. The summed E-state index contributed by atoms with van der Waals surface area (Å²) in [5.74, 6) is -1.57. The van der Waals surface area contributed by atoms with Gasteiger partial charge in [0.25, 0.3) is 5.91 Å². The van der Waals surface area contributed by atoms with Crippen LogP contribution in [0.3, 0.4) is 0 Å². The van der Waals surface area contributed by atoms with Crippen LogP contribution in [0, 0.1) is 0 Å². The van der Waals surface area contributed by atoms with E-state index < -0.39 is 23.6 Å². The molecule has 1 aromatic heterocycles. The highest BCUT2D eigenvalue weighted by Gasteiger charge is 2.37. The summed E-state index contributed by atoms with van der Waals surface area (Å²) in [5, 5.41) is 16.9. The van der Waals surface area contributed by atoms with E-state index in [9.17, 15) is 18.0 Å². The first kappa shape index (κ1) is 18.3. The summed E-state index contributed by atoms with van der Waals surface area (Å²) in [4.78, 5) is 14.9. The largest absolute Gasteiger partial charge is 0.416 e. The number of rotatable bonds is 6. The van der Waals surface area contributed by atoms with Crippen LogP contribution in [-0.4, -0.2) is 34.9 Å². The average Bonchev–Trinajstić information content (AvgIpc) is 3.24. The Bertz CT molecular complexity index is 929. The highest BCUT2D eigenvalue weighted by Crippen LogP contribution is 2.33. The van der Waals surface area contributed by atoms with E-state index in [1.165, 1.54) is 18.3 Å². The highest BCUT2D eigenvalue weighted by molar-refractivity contribution is 6.21. The predicted octanol–water partition coefficient (Wildman–Crippen LogP) is 2.77. The van der Waals surface area contributed by atoms with Gasteiger partial charge in [-0.05, 0) is 17.2 Å². The first-order chi connectivity index (χ1) is 12.9. The number of carbonyl (C=O) groups excluding carboxylic acids is 1. The fourth-order valence-corrected chi connectivity index (χ4v) is 2.67. The number of alkyl halides is 3. The number of nitrogens with zero attached hydrogens (tertiary/aromatic N) is 5. The maximum atomic E-state index is 13.0. The second kappa shape index (κ2) is 7.38. The molecule has 0 aliphatic carbocycles. The quantitative estimate of drug-likeness (QED) is 0.309. The molecule has 2 heterocycles. The van der Waals surface area contributed by atoms with E-state index in [1.807, 2.05) is 0 Å². The number of hydrazone groups is 1. The fraction of sp³-hybridized carbons (Fsp3) is 0.267. The molecule has 1 aliphatic heterocycles. The Kier molecular flexibility index (Phi) is 4.99. The van der Waals surface area contributed by atoms with Gasteiger partial charge in [0.15, 0.2) is 0 Å². The molecule has 1 amide bonds. The molecule has 9 nitrogen and oxygen atoms in total. The van der Waals surface area contributed by atoms with Gasteiger partial charge < -0.3 is 5.32 Å². The van der Waals surface area contributed by atoms with Crippen LogP contribution >= 0.6 is 0 Å². The summed E-state index contributed by atoms with van der Waals surface area (Å²) in [5.41, 5.74) is 10.9. The van der Waals surface area contributed by atoms with Gasteiger partial charge in [0, 0.05) is 18.0 Å². The van der Waals surface area contributed by atoms with Crippen molar-refractivity contribution in [1.82, 2.24) is 15.6 Å². The van der Waals surface area contributed by atoms with Gasteiger partial charge in [0.2, 0.25) is 0 Å². The monoisotopic (exact) mass is 378 g/mol. The van der Waals surface area contributed by atoms with Crippen LogP contribution in [-0.2, 0) is 11.0 Å². The van der Waals surface area contributed by atoms with Crippen molar-refractivity contribution in [3.05, 3.63) is 57.7 Å². The minimum Gasteiger partial charge on any atom is -0.382 e. The molecule has 1 aromatic carbocycles. The number of benzene rings is 1. The van der Waals surface area contributed by atoms with Crippen LogP contribution in [0.15, 0.2) is 40.7 Å². The topological polar surface area (TPSA) is 131 Å². The van der Waals surface area contributed by atoms with Crippen LogP contribution in [0.2, 0.25) is 0 Å². The zero-order valence-corrected chi connectivity index (χ0v) is 13.7. The Morgan fingerprint density at radius 3 is 2.93 bits per heavy atom. The average molecular weight is 378 g/mol. The lowest BCUT2D eigenvalue weighted by Gasteiger charge is -2.14. The van der Waals surface area contributed by atoms with Gasteiger partial charge in [-0.2, -0.15) is 23.4 Å². The Balaban J connectivity index is 1.90. The van der Waals surface area contributed by atoms with Gasteiger partial charge >= 0.3 is 6.18 Å². The minimum atomic E-state index is -4.52. The van der Waals surface area contributed by atoms with Crippen molar-refractivity contribution in [2.45, 2.75) is 12.1 Å². The van der Waals surface area contributed by atoms with Gasteiger partial charge in [0.1, 0.15) is 17.3 Å². The predicted molar refractivity (Wildman–Crippen MR) is 90.0 cm³/mol. The summed E-state index contributed by atoms with van der Waals surface area (Å²) in [6.07, 6.45) is -3.08. The number of hydrogen-bond acceptors (Lipinski definition) is 5. The summed E-state index contributed by atoms with van der Waals surface area (Å²) >= 11 is 0. The number of amides is 1. The molecule has 1 atom stereocenters. The van der Waals surface area contributed by atoms with Crippen molar-refractivity contribution < 1.29 is 18.0 Å². The number of azide groups is 1. The normalized spacial score (nSPS) is 16.5. The molecule has 3 rings (SSSR count). The van der Waals surface area contributed by atoms with E-state index in [2.05, 4.69) is 36.1 Å². The molecule has 27 heavy (non-hydrogen) atoms. The number of halogens is 3. The molecule has 0 radical (unpaired) electrons. The van der Waals surface area contributed by atoms with Crippen LogP contribution in [0.5, 0.6) is 0 Å². The number of anilines is 1. The van der Waals surface area contributed by atoms with E-state index in [4.69, 9.17) is 5.53 Å². The standard InChI is InChI=1S/C15H13F3N8O/c16-15(17,18)9-3-1-2-8(6-9)11-13(24-25-14(11)27)12-10(7-22-23-12)20-4-5-21-26-19/h1-3,6-7,11,20H,4-5H2,(H,22,23)(H,25,27). The SMILES string of the molecule is [N-]=[N+]=NCCNc1cn[nH]c1C1=NNC(=O)C1c1cccc(C(F)(F)F)c1. The number of nitrogens with one attached hydrogen (secondary N) is 3. The van der Waals surface area contributed by atoms with Crippen molar-refractivity contribution in [2.75, 3.05) is 18.4 Å². The Morgan fingerprint density at radius 1 is 1.37 bits per heavy atom.